The number of H-pyrrole nitrogens is 1. The Morgan fingerprint density at radius 2 is 2.30 bits per heavy atom. The van der Waals surface area contributed by atoms with Crippen LogP contribution in [0.1, 0.15) is 37.4 Å². The molecule has 7 heteroatoms. The first-order valence-electron chi connectivity index (χ1n) is 6.46. The molecule has 3 rings (SSSR count). The van der Waals surface area contributed by atoms with Crippen LogP contribution < -0.4 is 11.4 Å². The molecule has 1 atom stereocenters. The second-order valence-electron chi connectivity index (χ2n) is 4.99. The molecule has 5 nitrogen and oxygen atoms in total. The second kappa shape index (κ2) is 5.38. The van der Waals surface area contributed by atoms with Crippen LogP contribution in [0.25, 0.3) is 0 Å². The van der Waals surface area contributed by atoms with Crippen LogP contribution in [-0.2, 0) is 0 Å². The summed E-state index contributed by atoms with van der Waals surface area (Å²) in [5, 5.41) is 7.38. The maximum Gasteiger partial charge on any atom is 0.344 e. The van der Waals surface area contributed by atoms with Gasteiger partial charge >= 0.3 is 5.69 Å². The van der Waals surface area contributed by atoms with Crippen LogP contribution in [0.15, 0.2) is 37.5 Å². The standard InChI is InChI=1S/C13H15BrN4OS/c1-7(15)10-5-2-8(14)6-11(10)20-13-17-16-12(19)18(13)9-3-4-9/h2,5-7,9H,3-4,15H2,1H3,(H,16,19). The van der Waals surface area contributed by atoms with Crippen LogP contribution in [0.3, 0.4) is 0 Å². The van der Waals surface area contributed by atoms with Gasteiger partial charge in [-0.25, -0.2) is 9.89 Å². The van der Waals surface area contributed by atoms with E-state index >= 15 is 0 Å². The molecule has 1 aromatic heterocycles. The van der Waals surface area contributed by atoms with Crippen molar-refractivity contribution in [2.24, 2.45) is 5.73 Å². The molecule has 0 spiro atoms. The first-order chi connectivity index (χ1) is 9.56. The average Bonchev–Trinajstić information content (AvgIpc) is 3.15. The largest absolute Gasteiger partial charge is 0.344 e. The van der Waals surface area contributed by atoms with E-state index in [9.17, 15) is 4.79 Å². The van der Waals surface area contributed by atoms with E-state index in [-0.39, 0.29) is 11.7 Å². The molecule has 1 fully saturated rings. The van der Waals surface area contributed by atoms with Gasteiger partial charge in [0.2, 0.25) is 0 Å². The van der Waals surface area contributed by atoms with Crippen LogP contribution in [-0.4, -0.2) is 14.8 Å². The van der Waals surface area contributed by atoms with Crippen molar-refractivity contribution in [1.82, 2.24) is 14.8 Å². The third kappa shape index (κ3) is 2.70. The number of hydrogen-bond acceptors (Lipinski definition) is 4. The number of hydrogen-bond donors (Lipinski definition) is 2. The summed E-state index contributed by atoms with van der Waals surface area (Å²) in [5.41, 5.74) is 6.93. The number of nitrogens with one attached hydrogen (secondary N) is 1. The summed E-state index contributed by atoms with van der Waals surface area (Å²) in [6.45, 7) is 1.95. The number of rotatable bonds is 4. The monoisotopic (exact) mass is 354 g/mol. The Morgan fingerprint density at radius 1 is 1.55 bits per heavy atom. The van der Waals surface area contributed by atoms with Crippen molar-refractivity contribution in [2.45, 2.75) is 41.9 Å². The molecule has 106 valence electrons. The van der Waals surface area contributed by atoms with Gasteiger partial charge in [-0.15, -0.1) is 5.10 Å². The van der Waals surface area contributed by atoms with Gasteiger partial charge in [0.1, 0.15) is 0 Å². The van der Waals surface area contributed by atoms with Crippen molar-refractivity contribution < 1.29 is 0 Å². The summed E-state index contributed by atoms with van der Waals surface area (Å²) in [6, 6.07) is 6.23. The van der Waals surface area contributed by atoms with Gasteiger partial charge < -0.3 is 5.73 Å². The third-order valence-corrected chi connectivity index (χ3v) is 4.79. The number of nitrogens with zero attached hydrogens (tertiary/aromatic N) is 2. The zero-order valence-corrected chi connectivity index (χ0v) is 13.4. The van der Waals surface area contributed by atoms with Crippen LogP contribution >= 0.6 is 27.7 Å². The molecule has 20 heavy (non-hydrogen) atoms. The molecule has 1 unspecified atom stereocenters. The molecule has 0 saturated heterocycles. The highest BCUT2D eigenvalue weighted by Crippen LogP contribution is 2.39. The Bertz CT molecular complexity index is 690. The highest BCUT2D eigenvalue weighted by atomic mass is 79.9. The van der Waals surface area contributed by atoms with Gasteiger partial charge in [0.15, 0.2) is 5.16 Å². The normalized spacial score (nSPS) is 16.4. The minimum Gasteiger partial charge on any atom is -0.324 e. The first kappa shape index (κ1) is 13.9. The smallest absolute Gasteiger partial charge is 0.324 e. The van der Waals surface area contributed by atoms with Gasteiger partial charge in [0.05, 0.1) is 0 Å². The predicted molar refractivity (Wildman–Crippen MR) is 82.0 cm³/mol. The van der Waals surface area contributed by atoms with E-state index in [2.05, 4.69) is 26.1 Å². The molecule has 3 N–H and O–H groups in total. The van der Waals surface area contributed by atoms with E-state index in [1.54, 1.807) is 4.57 Å². The molecular weight excluding hydrogens is 340 g/mol. The van der Waals surface area contributed by atoms with Gasteiger partial charge in [-0.05, 0) is 49.2 Å². The van der Waals surface area contributed by atoms with Crippen LogP contribution in [0.4, 0.5) is 0 Å². The zero-order valence-electron chi connectivity index (χ0n) is 11.0. The summed E-state index contributed by atoms with van der Waals surface area (Å²) in [5.74, 6) is 0. The number of aromatic amines is 1. The molecule has 0 bridgehead atoms. The zero-order chi connectivity index (χ0) is 14.3. The molecule has 1 heterocycles. The molecule has 1 aromatic carbocycles. The maximum absolute atomic E-state index is 11.8. The summed E-state index contributed by atoms with van der Waals surface area (Å²) >= 11 is 4.96. The summed E-state index contributed by atoms with van der Waals surface area (Å²) in [6.07, 6.45) is 2.09. The topological polar surface area (TPSA) is 76.7 Å². The summed E-state index contributed by atoms with van der Waals surface area (Å²) < 4.78 is 2.73. The summed E-state index contributed by atoms with van der Waals surface area (Å²) in [7, 11) is 0. The quantitative estimate of drug-likeness (QED) is 0.884. The fraction of sp³-hybridized carbons (Fsp3) is 0.385. The lowest BCUT2D eigenvalue weighted by molar-refractivity contribution is 0.642. The van der Waals surface area contributed by atoms with E-state index < -0.39 is 0 Å². The van der Waals surface area contributed by atoms with Crippen molar-refractivity contribution in [3.63, 3.8) is 0 Å². The Balaban J connectivity index is 1.99. The first-order valence-corrected chi connectivity index (χ1v) is 8.07. The van der Waals surface area contributed by atoms with E-state index in [0.717, 1.165) is 27.8 Å². The van der Waals surface area contributed by atoms with Gasteiger partial charge in [0.25, 0.3) is 0 Å². The third-order valence-electron chi connectivity index (χ3n) is 3.25. The molecule has 0 aliphatic heterocycles. The average molecular weight is 355 g/mol. The van der Waals surface area contributed by atoms with E-state index in [1.807, 2.05) is 25.1 Å². The lowest BCUT2D eigenvalue weighted by Gasteiger charge is -2.12. The number of benzene rings is 1. The van der Waals surface area contributed by atoms with E-state index in [1.165, 1.54) is 11.8 Å². The van der Waals surface area contributed by atoms with Crippen molar-refractivity contribution in [2.75, 3.05) is 0 Å². The SMILES string of the molecule is CC(N)c1ccc(Br)cc1Sc1n[nH]c(=O)n1C1CC1. The van der Waals surface area contributed by atoms with Crippen molar-refractivity contribution >= 4 is 27.7 Å². The van der Waals surface area contributed by atoms with Crippen LogP contribution in [0.2, 0.25) is 0 Å². The molecule has 1 aliphatic carbocycles. The lowest BCUT2D eigenvalue weighted by atomic mass is 10.1. The van der Waals surface area contributed by atoms with Crippen molar-refractivity contribution in [3.05, 3.63) is 38.7 Å². The minimum absolute atomic E-state index is 0.0642. The van der Waals surface area contributed by atoms with Crippen LogP contribution in [0.5, 0.6) is 0 Å². The second-order valence-corrected chi connectivity index (χ2v) is 6.91. The fourth-order valence-electron chi connectivity index (χ4n) is 2.09. The van der Waals surface area contributed by atoms with Crippen LogP contribution in [0, 0.1) is 0 Å². The van der Waals surface area contributed by atoms with Crippen molar-refractivity contribution in [1.29, 1.82) is 0 Å². The predicted octanol–water partition coefficient (Wildman–Crippen LogP) is 2.84. The molecule has 2 aromatic rings. The van der Waals surface area contributed by atoms with E-state index in [0.29, 0.717) is 11.2 Å². The Kier molecular flexibility index (Phi) is 3.74. The minimum atomic E-state index is -0.132. The fourth-order valence-corrected chi connectivity index (χ4v) is 3.78. The highest BCUT2D eigenvalue weighted by Gasteiger charge is 2.29. The molecule has 1 saturated carbocycles. The van der Waals surface area contributed by atoms with Gasteiger partial charge in [-0.2, -0.15) is 0 Å². The molecule has 0 radical (unpaired) electrons. The Labute approximate surface area is 129 Å². The number of aromatic nitrogens is 3. The maximum atomic E-state index is 11.8. The highest BCUT2D eigenvalue weighted by molar-refractivity contribution is 9.10. The van der Waals surface area contributed by atoms with Gasteiger partial charge in [-0.1, -0.05) is 22.0 Å². The summed E-state index contributed by atoms with van der Waals surface area (Å²) in [4.78, 5) is 12.8. The Hall–Kier alpha value is -1.05. The van der Waals surface area contributed by atoms with Crippen molar-refractivity contribution in [3.8, 4) is 0 Å². The van der Waals surface area contributed by atoms with E-state index in [4.69, 9.17) is 5.73 Å². The van der Waals surface area contributed by atoms with Gasteiger partial charge in [-0.3, -0.25) is 4.57 Å². The number of nitrogens with two attached hydrogens (primary N) is 1. The van der Waals surface area contributed by atoms with Gasteiger partial charge in [0, 0.05) is 21.5 Å². The number of halogens is 1. The Morgan fingerprint density at radius 3 is 2.95 bits per heavy atom. The molecular formula is C13H15BrN4OS. The molecule has 1 aliphatic rings. The lowest BCUT2D eigenvalue weighted by Crippen LogP contribution is -2.16. The molecule has 0 amide bonds.